The van der Waals surface area contributed by atoms with Crippen molar-refractivity contribution in [3.8, 4) is 0 Å². The van der Waals surface area contributed by atoms with Crippen molar-refractivity contribution in [1.29, 1.82) is 0 Å². The van der Waals surface area contributed by atoms with Gasteiger partial charge in [0, 0.05) is 36.3 Å². The average molecular weight is 303 g/mol. The molecule has 1 saturated carbocycles. The first kappa shape index (κ1) is 12.9. The third-order valence-electron chi connectivity index (χ3n) is 4.17. The molecule has 0 amide bonds. The van der Waals surface area contributed by atoms with Crippen LogP contribution in [0.4, 0.5) is 5.13 Å². The largest absolute Gasteiger partial charge is 0.342 e. The molecule has 110 valence electrons. The maximum Gasteiger partial charge on any atom is 0.266 e. The van der Waals surface area contributed by atoms with Crippen LogP contribution in [-0.4, -0.2) is 31.7 Å². The Balaban J connectivity index is 1.54. The fraction of sp³-hybridized carbons (Fsp3) is 0.571. The smallest absolute Gasteiger partial charge is 0.266 e. The predicted molar refractivity (Wildman–Crippen MR) is 80.7 cm³/mol. The highest BCUT2D eigenvalue weighted by Gasteiger charge is 2.32. The first-order valence-electron chi connectivity index (χ1n) is 7.43. The molecule has 3 heterocycles. The van der Waals surface area contributed by atoms with Gasteiger partial charge in [-0.1, -0.05) is 0 Å². The van der Waals surface area contributed by atoms with Gasteiger partial charge in [-0.25, -0.2) is 9.67 Å². The number of hydrogen-bond donors (Lipinski definition) is 0. The van der Waals surface area contributed by atoms with Crippen molar-refractivity contribution in [2.45, 2.75) is 44.2 Å². The van der Waals surface area contributed by atoms with Crippen LogP contribution in [0.2, 0.25) is 0 Å². The summed E-state index contributed by atoms with van der Waals surface area (Å²) in [6.07, 6.45) is 6.31. The van der Waals surface area contributed by atoms with Crippen molar-refractivity contribution in [2.75, 3.05) is 11.4 Å². The second kappa shape index (κ2) is 5.22. The first-order valence-corrected chi connectivity index (χ1v) is 8.21. The lowest BCUT2D eigenvalue weighted by molar-refractivity contribution is 0.488. The minimum absolute atomic E-state index is 0.0414. The first-order chi connectivity index (χ1) is 10.3. The van der Waals surface area contributed by atoms with Gasteiger partial charge in [-0.3, -0.25) is 4.79 Å². The molecular formula is C14H17N5OS. The topological polar surface area (TPSA) is 63.9 Å². The fourth-order valence-electron chi connectivity index (χ4n) is 2.85. The summed E-state index contributed by atoms with van der Waals surface area (Å²) in [5, 5.41) is 5.16. The number of hydrogen-bond acceptors (Lipinski definition) is 6. The van der Waals surface area contributed by atoms with Crippen LogP contribution in [0.25, 0.3) is 0 Å². The molecule has 1 aliphatic carbocycles. The average Bonchev–Trinajstić information content (AvgIpc) is 3.05. The van der Waals surface area contributed by atoms with Crippen molar-refractivity contribution in [1.82, 2.24) is 19.1 Å². The lowest BCUT2D eigenvalue weighted by atomic mass is 10.2. The van der Waals surface area contributed by atoms with E-state index < -0.39 is 0 Å². The molecule has 2 aliphatic rings. The Morgan fingerprint density at radius 3 is 3.05 bits per heavy atom. The van der Waals surface area contributed by atoms with Crippen LogP contribution >= 0.6 is 11.5 Å². The zero-order valence-corrected chi connectivity index (χ0v) is 12.5. The fourth-order valence-corrected chi connectivity index (χ4v) is 3.70. The highest BCUT2D eigenvalue weighted by Crippen LogP contribution is 2.40. The molecule has 0 spiro atoms. The van der Waals surface area contributed by atoms with Crippen LogP contribution in [0.1, 0.15) is 37.4 Å². The summed E-state index contributed by atoms with van der Waals surface area (Å²) in [6, 6.07) is 3.53. The van der Waals surface area contributed by atoms with Crippen molar-refractivity contribution in [2.24, 2.45) is 0 Å². The van der Waals surface area contributed by atoms with Crippen molar-refractivity contribution in [3.05, 3.63) is 34.5 Å². The van der Waals surface area contributed by atoms with E-state index in [4.69, 9.17) is 4.98 Å². The minimum Gasteiger partial charge on any atom is -0.342 e. The van der Waals surface area contributed by atoms with Gasteiger partial charge < -0.3 is 4.90 Å². The maximum absolute atomic E-state index is 11.8. The van der Waals surface area contributed by atoms with E-state index in [0.29, 0.717) is 12.5 Å². The lowest BCUT2D eigenvalue weighted by Gasteiger charge is -2.23. The SMILES string of the molecule is O=c1cccnn1CC1CCCN1c1nc(C2CC2)ns1. The van der Waals surface area contributed by atoms with Crippen molar-refractivity contribution < 1.29 is 0 Å². The maximum atomic E-state index is 11.8. The van der Waals surface area contributed by atoms with E-state index >= 15 is 0 Å². The Hall–Kier alpha value is -1.76. The molecule has 1 atom stereocenters. The van der Waals surface area contributed by atoms with Gasteiger partial charge in [0.2, 0.25) is 5.13 Å². The van der Waals surface area contributed by atoms with Crippen LogP contribution in [0.5, 0.6) is 0 Å². The second-order valence-corrected chi connectivity index (χ2v) is 6.47. The Morgan fingerprint density at radius 1 is 1.33 bits per heavy atom. The van der Waals surface area contributed by atoms with E-state index in [0.717, 1.165) is 30.3 Å². The van der Waals surface area contributed by atoms with Crippen molar-refractivity contribution >= 4 is 16.7 Å². The predicted octanol–water partition coefficient (Wildman–Crippen LogP) is 1.64. The van der Waals surface area contributed by atoms with Gasteiger partial charge in [-0.2, -0.15) is 9.47 Å². The molecule has 2 aromatic heterocycles. The van der Waals surface area contributed by atoms with Gasteiger partial charge in [0.1, 0.15) is 5.82 Å². The number of anilines is 1. The van der Waals surface area contributed by atoms with E-state index in [1.54, 1.807) is 23.0 Å². The molecule has 6 nitrogen and oxygen atoms in total. The van der Waals surface area contributed by atoms with Crippen LogP contribution in [-0.2, 0) is 6.54 Å². The molecule has 0 N–H and O–H groups in total. The van der Waals surface area contributed by atoms with Crippen LogP contribution in [0.3, 0.4) is 0 Å². The third kappa shape index (κ3) is 2.57. The zero-order chi connectivity index (χ0) is 14.2. The normalized spacial score (nSPS) is 21.9. The highest BCUT2D eigenvalue weighted by molar-refractivity contribution is 7.09. The molecule has 2 fully saturated rings. The molecule has 4 rings (SSSR count). The Bertz CT molecular complexity index is 692. The summed E-state index contributed by atoms with van der Waals surface area (Å²) in [4.78, 5) is 18.8. The standard InChI is InChI=1S/C14H17N5OS/c20-12-4-1-7-15-19(12)9-11-3-2-8-18(11)14-16-13(17-21-14)10-5-6-10/h1,4,7,10-11H,2-3,5-6,8-9H2. The van der Waals surface area contributed by atoms with E-state index in [-0.39, 0.29) is 11.6 Å². The summed E-state index contributed by atoms with van der Waals surface area (Å²) in [5.41, 5.74) is -0.0414. The Morgan fingerprint density at radius 2 is 2.24 bits per heavy atom. The molecule has 1 saturated heterocycles. The van der Waals surface area contributed by atoms with Gasteiger partial charge >= 0.3 is 0 Å². The van der Waals surface area contributed by atoms with Gasteiger partial charge in [-0.05, 0) is 31.7 Å². The van der Waals surface area contributed by atoms with Gasteiger partial charge in [-0.15, -0.1) is 0 Å². The Kier molecular flexibility index (Phi) is 3.21. The molecule has 2 aromatic rings. The molecule has 0 bridgehead atoms. The summed E-state index contributed by atoms with van der Waals surface area (Å²) in [6.45, 7) is 1.61. The Labute approximate surface area is 126 Å². The number of nitrogens with zero attached hydrogens (tertiary/aromatic N) is 5. The van der Waals surface area contributed by atoms with Crippen LogP contribution in [0, 0.1) is 0 Å². The molecule has 7 heteroatoms. The lowest BCUT2D eigenvalue weighted by Crippen LogP contribution is -2.36. The number of aromatic nitrogens is 4. The molecular weight excluding hydrogens is 286 g/mol. The van der Waals surface area contributed by atoms with Crippen LogP contribution in [0.15, 0.2) is 23.1 Å². The van der Waals surface area contributed by atoms with E-state index in [1.807, 2.05) is 0 Å². The second-order valence-electron chi connectivity index (χ2n) is 5.74. The third-order valence-corrected chi connectivity index (χ3v) is 4.93. The van der Waals surface area contributed by atoms with E-state index in [9.17, 15) is 4.79 Å². The molecule has 0 aromatic carbocycles. The van der Waals surface area contributed by atoms with Gasteiger partial charge in [0.15, 0.2) is 0 Å². The van der Waals surface area contributed by atoms with Gasteiger partial charge in [0.05, 0.1) is 12.6 Å². The summed E-state index contributed by atoms with van der Waals surface area (Å²) < 4.78 is 6.03. The molecule has 0 radical (unpaired) electrons. The quantitative estimate of drug-likeness (QED) is 0.859. The molecule has 1 unspecified atom stereocenters. The summed E-state index contributed by atoms with van der Waals surface area (Å²) >= 11 is 1.49. The van der Waals surface area contributed by atoms with E-state index in [2.05, 4.69) is 14.4 Å². The zero-order valence-electron chi connectivity index (χ0n) is 11.7. The van der Waals surface area contributed by atoms with Crippen LogP contribution < -0.4 is 10.5 Å². The van der Waals surface area contributed by atoms with Gasteiger partial charge in [0.25, 0.3) is 5.56 Å². The molecule has 21 heavy (non-hydrogen) atoms. The minimum atomic E-state index is -0.0414. The number of rotatable bonds is 4. The monoisotopic (exact) mass is 303 g/mol. The summed E-state index contributed by atoms with van der Waals surface area (Å²) in [7, 11) is 0. The van der Waals surface area contributed by atoms with E-state index in [1.165, 1.54) is 24.4 Å². The summed E-state index contributed by atoms with van der Waals surface area (Å²) in [5.74, 6) is 1.60. The molecule has 1 aliphatic heterocycles. The highest BCUT2D eigenvalue weighted by atomic mass is 32.1. The van der Waals surface area contributed by atoms with Crippen molar-refractivity contribution in [3.63, 3.8) is 0 Å².